The van der Waals surface area contributed by atoms with Crippen LogP contribution in [-0.4, -0.2) is 35.6 Å². The van der Waals surface area contributed by atoms with Gasteiger partial charge in [0, 0.05) is 12.2 Å². The smallest absolute Gasteiger partial charge is 0.273 e. The molecule has 0 aliphatic carbocycles. The van der Waals surface area contributed by atoms with E-state index in [1.54, 1.807) is 0 Å². The Morgan fingerprint density at radius 2 is 1.09 bits per heavy atom. The van der Waals surface area contributed by atoms with Gasteiger partial charge in [-0.15, -0.1) is 0 Å². The van der Waals surface area contributed by atoms with Crippen molar-refractivity contribution < 1.29 is 13.0 Å². The molecule has 1 aliphatic rings. The van der Waals surface area contributed by atoms with E-state index in [2.05, 4.69) is 125 Å². The Bertz CT molecular complexity index is 1860. The minimum absolute atomic E-state index is 0.0207. The van der Waals surface area contributed by atoms with Gasteiger partial charge in [0.2, 0.25) is 0 Å². The lowest BCUT2D eigenvalue weighted by Gasteiger charge is -2.40. The highest BCUT2D eigenvalue weighted by Crippen LogP contribution is 2.56. The Kier molecular flexibility index (Phi) is 9.62. The highest BCUT2D eigenvalue weighted by molar-refractivity contribution is 7.83. The van der Waals surface area contributed by atoms with Crippen LogP contribution in [0.4, 0.5) is 0 Å². The summed E-state index contributed by atoms with van der Waals surface area (Å²) in [5.41, 5.74) is 4.65. The molecule has 0 aromatic heterocycles. The molecular weight excluding hydrogens is 624 g/mol. The normalized spacial score (nSPS) is 18.8. The van der Waals surface area contributed by atoms with Gasteiger partial charge in [-0.05, 0) is 82.9 Å². The summed E-state index contributed by atoms with van der Waals surface area (Å²) in [6, 6.07) is 44.6. The molecule has 6 rings (SSSR count). The summed E-state index contributed by atoms with van der Waals surface area (Å²) in [4.78, 5) is 0. The molecule has 2 atom stereocenters. The van der Waals surface area contributed by atoms with Gasteiger partial charge >= 0.3 is 10.3 Å². The number of hydrogen-bond donors (Lipinski definition) is 1. The van der Waals surface area contributed by atoms with Gasteiger partial charge in [0.15, 0.2) is 0 Å². The lowest BCUT2D eigenvalue weighted by molar-refractivity contribution is 0.248. The fraction of sp³-hybridized carbons (Fsp3) is 0.231. The van der Waals surface area contributed by atoms with Crippen LogP contribution in [0.5, 0.6) is 0 Å². The third-order valence-corrected chi connectivity index (χ3v) is 15.4. The number of benzene rings is 5. The standard InChI is InChI=1S/C39H41NO3P2S/c1-29-12-8-18-34(22-29)44(35-19-9-13-30(2)23-35)28-39(33-16-6-5-7-17-33)26-38(27-40(39)46(41,42)43)45(36-20-10-14-31(3)24-36)37-21-11-15-32(4)25-37/h5-25,38H,26-28H2,1-4H3,(H,41,42,43)/t38-,39+/m0/s1. The van der Waals surface area contributed by atoms with Gasteiger partial charge in [-0.3, -0.25) is 4.55 Å². The Labute approximate surface area is 276 Å². The Morgan fingerprint density at radius 1 is 0.652 bits per heavy atom. The molecule has 0 spiro atoms. The van der Waals surface area contributed by atoms with Crippen LogP contribution in [0.15, 0.2) is 127 Å². The maximum absolute atomic E-state index is 13.6. The van der Waals surface area contributed by atoms with Crippen molar-refractivity contribution in [1.29, 1.82) is 0 Å². The van der Waals surface area contributed by atoms with E-state index in [4.69, 9.17) is 0 Å². The topological polar surface area (TPSA) is 57.6 Å². The molecule has 1 fully saturated rings. The molecule has 7 heteroatoms. The van der Waals surface area contributed by atoms with Gasteiger partial charge in [0.25, 0.3) is 0 Å². The zero-order valence-corrected chi connectivity index (χ0v) is 29.4. The molecule has 0 amide bonds. The average Bonchev–Trinajstić information content (AvgIpc) is 3.41. The highest BCUT2D eigenvalue weighted by atomic mass is 32.2. The Hall–Kier alpha value is -3.17. The van der Waals surface area contributed by atoms with Crippen molar-refractivity contribution in [3.63, 3.8) is 0 Å². The lowest BCUT2D eigenvalue weighted by atomic mass is 9.90. The van der Waals surface area contributed by atoms with E-state index in [0.717, 1.165) is 5.56 Å². The first-order valence-corrected chi connectivity index (χ1v) is 20.0. The van der Waals surface area contributed by atoms with Crippen molar-refractivity contribution in [2.75, 3.05) is 12.7 Å². The molecule has 0 unspecified atom stereocenters. The molecule has 1 aliphatic heterocycles. The zero-order chi connectivity index (χ0) is 32.5. The van der Waals surface area contributed by atoms with Crippen molar-refractivity contribution in [3.05, 3.63) is 155 Å². The van der Waals surface area contributed by atoms with Gasteiger partial charge < -0.3 is 0 Å². The second-order valence-electron chi connectivity index (χ2n) is 12.6. The van der Waals surface area contributed by atoms with Crippen LogP contribution >= 0.6 is 15.8 Å². The number of rotatable bonds is 9. The van der Waals surface area contributed by atoms with E-state index in [-0.39, 0.29) is 12.2 Å². The van der Waals surface area contributed by atoms with Crippen LogP contribution in [0.2, 0.25) is 0 Å². The third-order valence-electron chi connectivity index (χ3n) is 8.99. The van der Waals surface area contributed by atoms with Crippen LogP contribution in [-0.2, 0) is 15.8 Å². The van der Waals surface area contributed by atoms with Gasteiger partial charge in [-0.1, -0.05) is 150 Å². The molecule has 1 N–H and O–H groups in total. The fourth-order valence-electron chi connectivity index (χ4n) is 6.97. The summed E-state index contributed by atoms with van der Waals surface area (Å²) in [6.07, 6.45) is 1.15. The highest BCUT2D eigenvalue weighted by Gasteiger charge is 2.55. The van der Waals surface area contributed by atoms with E-state index in [9.17, 15) is 13.0 Å². The minimum atomic E-state index is -4.58. The van der Waals surface area contributed by atoms with Crippen molar-refractivity contribution in [2.45, 2.75) is 45.3 Å². The van der Waals surface area contributed by atoms with Gasteiger partial charge in [-0.2, -0.15) is 12.7 Å². The summed E-state index contributed by atoms with van der Waals surface area (Å²) in [6.45, 7) is 8.67. The minimum Gasteiger partial charge on any atom is -0.273 e. The monoisotopic (exact) mass is 665 g/mol. The molecule has 0 saturated carbocycles. The quantitative estimate of drug-likeness (QED) is 0.133. The Balaban J connectivity index is 1.57. The molecule has 1 saturated heterocycles. The zero-order valence-electron chi connectivity index (χ0n) is 26.8. The van der Waals surface area contributed by atoms with Gasteiger partial charge in [-0.25, -0.2) is 0 Å². The van der Waals surface area contributed by atoms with Crippen molar-refractivity contribution in [2.24, 2.45) is 0 Å². The molecule has 1 heterocycles. The summed E-state index contributed by atoms with van der Waals surface area (Å²) >= 11 is 0. The van der Waals surface area contributed by atoms with Gasteiger partial charge in [0.1, 0.15) is 0 Å². The van der Waals surface area contributed by atoms with Gasteiger partial charge in [0.05, 0.1) is 5.54 Å². The van der Waals surface area contributed by atoms with Crippen molar-refractivity contribution >= 4 is 47.4 Å². The van der Waals surface area contributed by atoms with E-state index >= 15 is 0 Å². The van der Waals surface area contributed by atoms with E-state index < -0.39 is 31.7 Å². The predicted molar refractivity (Wildman–Crippen MR) is 197 cm³/mol. The largest absolute Gasteiger partial charge is 0.336 e. The fourth-order valence-corrected chi connectivity index (χ4v) is 14.3. The third kappa shape index (κ3) is 6.91. The summed E-state index contributed by atoms with van der Waals surface area (Å²) in [7, 11) is -6.55. The molecule has 0 bridgehead atoms. The molecule has 5 aromatic carbocycles. The van der Waals surface area contributed by atoms with E-state index in [0.29, 0.717) is 12.6 Å². The molecule has 5 aromatic rings. The first-order chi connectivity index (χ1) is 22.0. The number of nitrogens with zero attached hydrogens (tertiary/aromatic N) is 1. The summed E-state index contributed by atoms with van der Waals surface area (Å²) in [5, 5.41) is 4.86. The molecule has 236 valence electrons. The van der Waals surface area contributed by atoms with Crippen LogP contribution in [0.25, 0.3) is 0 Å². The van der Waals surface area contributed by atoms with E-state index in [1.807, 2.05) is 30.3 Å². The SMILES string of the molecule is Cc1cccc(P(C[C@@]2(c3ccccc3)C[C@H](P(c3cccc(C)c3)c3cccc(C)c3)CN2S(=O)(=O)O)c2cccc(C)c2)c1. The van der Waals surface area contributed by atoms with Crippen LogP contribution in [0.1, 0.15) is 34.2 Å². The first kappa shape index (κ1) is 32.8. The van der Waals surface area contributed by atoms with Crippen LogP contribution < -0.4 is 21.2 Å². The maximum atomic E-state index is 13.6. The molecule has 0 radical (unpaired) electrons. The molecular formula is C39H41NO3P2S. The second kappa shape index (κ2) is 13.5. The first-order valence-electron chi connectivity index (χ1n) is 15.7. The van der Waals surface area contributed by atoms with Crippen molar-refractivity contribution in [1.82, 2.24) is 4.31 Å². The lowest BCUT2D eigenvalue weighted by Crippen LogP contribution is -2.48. The van der Waals surface area contributed by atoms with Crippen LogP contribution in [0.3, 0.4) is 0 Å². The Morgan fingerprint density at radius 3 is 1.52 bits per heavy atom. The predicted octanol–water partition coefficient (Wildman–Crippen LogP) is 7.26. The summed E-state index contributed by atoms with van der Waals surface area (Å²) in [5.74, 6) is 0. The van der Waals surface area contributed by atoms with Crippen molar-refractivity contribution in [3.8, 4) is 0 Å². The maximum Gasteiger partial charge on any atom is 0.336 e. The molecule has 4 nitrogen and oxygen atoms in total. The molecule has 46 heavy (non-hydrogen) atoms. The van der Waals surface area contributed by atoms with E-state index in [1.165, 1.54) is 47.8 Å². The number of aryl methyl sites for hydroxylation is 4. The van der Waals surface area contributed by atoms with Crippen LogP contribution in [0, 0.1) is 27.7 Å². The average molecular weight is 666 g/mol. The summed E-state index contributed by atoms with van der Waals surface area (Å²) < 4.78 is 39.8. The number of hydrogen-bond acceptors (Lipinski definition) is 2. The second-order valence-corrected chi connectivity index (χ2v) is 18.6.